The molecular weight excluding hydrogens is 386 g/mol. The molecule has 1 aromatic carbocycles. The largest absolute Gasteiger partial charge is 0.456 e. The van der Waals surface area contributed by atoms with Crippen molar-refractivity contribution in [2.24, 2.45) is 0 Å². The Balaban J connectivity index is 1.89. The fourth-order valence-corrected chi connectivity index (χ4v) is 4.59. The number of aryl methyl sites for hydroxylation is 2. The van der Waals surface area contributed by atoms with E-state index < -0.39 is 34.5 Å². The number of benzene rings is 1. The monoisotopic (exact) mass is 411 g/mol. The maximum Gasteiger partial charge on any atom is 0.324 e. The van der Waals surface area contributed by atoms with Gasteiger partial charge >= 0.3 is 12.0 Å². The van der Waals surface area contributed by atoms with Crippen LogP contribution >= 0.6 is 0 Å². The van der Waals surface area contributed by atoms with Crippen LogP contribution in [0.25, 0.3) is 0 Å². The lowest BCUT2D eigenvalue weighted by molar-refractivity contribution is -0.150. The molecule has 0 aromatic heterocycles. The standard InChI is InChI=1S/C18H25N3O6S/c1-11-9-12(2)14(4)17(13(11)3)28(25,26)20-6-5-16(23)27-10-15(22)21-8-7-19-18(21)24/h9,20H,5-8,10H2,1-4H3,(H,19,24). The molecule has 0 aliphatic carbocycles. The maximum absolute atomic E-state index is 12.7. The Hall–Kier alpha value is -2.46. The SMILES string of the molecule is Cc1cc(C)c(C)c(S(=O)(=O)NCCC(=O)OCC(=O)N2CCNC2=O)c1C. The average Bonchev–Trinajstić information content (AvgIpc) is 3.04. The van der Waals surface area contributed by atoms with Crippen molar-refractivity contribution >= 4 is 27.9 Å². The molecular formula is C18H25N3O6S. The van der Waals surface area contributed by atoms with E-state index in [1.54, 1.807) is 13.8 Å². The van der Waals surface area contributed by atoms with Crippen molar-refractivity contribution < 1.29 is 27.5 Å². The molecule has 2 rings (SSSR count). The topological polar surface area (TPSA) is 122 Å². The number of rotatable bonds is 7. The lowest BCUT2D eigenvalue weighted by atomic mass is 10.0. The molecule has 1 aliphatic heterocycles. The van der Waals surface area contributed by atoms with E-state index in [1.165, 1.54) is 0 Å². The van der Waals surface area contributed by atoms with Crippen molar-refractivity contribution in [3.05, 3.63) is 28.3 Å². The quantitative estimate of drug-likeness (QED) is 0.637. The minimum atomic E-state index is -3.80. The van der Waals surface area contributed by atoms with Crippen molar-refractivity contribution in [2.45, 2.75) is 39.0 Å². The predicted molar refractivity (Wildman–Crippen MR) is 101 cm³/mol. The number of nitrogens with one attached hydrogen (secondary N) is 2. The van der Waals surface area contributed by atoms with Gasteiger partial charge in [0.1, 0.15) is 0 Å². The first-order valence-corrected chi connectivity index (χ1v) is 10.3. The second-order valence-corrected chi connectivity index (χ2v) is 8.38. The summed E-state index contributed by atoms with van der Waals surface area (Å²) in [6.07, 6.45) is -0.235. The number of sulfonamides is 1. The fraction of sp³-hybridized carbons (Fsp3) is 0.500. The molecule has 2 N–H and O–H groups in total. The second-order valence-electron chi connectivity index (χ2n) is 6.68. The van der Waals surface area contributed by atoms with Gasteiger partial charge in [0.2, 0.25) is 10.0 Å². The molecule has 1 saturated heterocycles. The third kappa shape index (κ3) is 4.87. The Morgan fingerprint density at radius 1 is 1.18 bits per heavy atom. The summed E-state index contributed by atoms with van der Waals surface area (Å²) in [5, 5.41) is 2.47. The van der Waals surface area contributed by atoms with Crippen LogP contribution in [0.2, 0.25) is 0 Å². The summed E-state index contributed by atoms with van der Waals surface area (Å²) in [7, 11) is -3.80. The van der Waals surface area contributed by atoms with Crippen LogP contribution in [0.3, 0.4) is 0 Å². The molecule has 10 heteroatoms. The van der Waals surface area contributed by atoms with Crippen LogP contribution in [0, 0.1) is 27.7 Å². The number of esters is 1. The number of imide groups is 1. The summed E-state index contributed by atoms with van der Waals surface area (Å²) in [6.45, 7) is 7.03. The molecule has 9 nitrogen and oxygen atoms in total. The van der Waals surface area contributed by atoms with E-state index in [2.05, 4.69) is 10.0 Å². The van der Waals surface area contributed by atoms with Crippen molar-refractivity contribution in [3.63, 3.8) is 0 Å². The van der Waals surface area contributed by atoms with Crippen LogP contribution in [-0.4, -0.2) is 57.5 Å². The molecule has 0 atom stereocenters. The van der Waals surface area contributed by atoms with E-state index in [4.69, 9.17) is 4.74 Å². The predicted octanol–water partition coefficient (Wildman–Crippen LogP) is 0.684. The Morgan fingerprint density at radius 2 is 1.79 bits per heavy atom. The summed E-state index contributed by atoms with van der Waals surface area (Å²) in [6, 6.07) is 1.41. The van der Waals surface area contributed by atoms with Crippen LogP contribution in [0.5, 0.6) is 0 Å². The number of hydrogen-bond acceptors (Lipinski definition) is 6. The number of nitrogens with zero attached hydrogens (tertiary/aromatic N) is 1. The van der Waals surface area contributed by atoms with Crippen LogP contribution in [0.15, 0.2) is 11.0 Å². The maximum atomic E-state index is 12.7. The number of carbonyl (C=O) groups excluding carboxylic acids is 3. The molecule has 1 aromatic rings. The van der Waals surface area contributed by atoms with E-state index in [0.717, 1.165) is 16.0 Å². The molecule has 0 unspecified atom stereocenters. The van der Waals surface area contributed by atoms with Gasteiger partial charge in [0, 0.05) is 19.6 Å². The minimum absolute atomic E-state index is 0.161. The van der Waals surface area contributed by atoms with Gasteiger partial charge in [0.25, 0.3) is 5.91 Å². The summed E-state index contributed by atoms with van der Waals surface area (Å²) >= 11 is 0. The van der Waals surface area contributed by atoms with Crippen LogP contribution < -0.4 is 10.0 Å². The Labute approximate surface area is 164 Å². The lowest BCUT2D eigenvalue weighted by Gasteiger charge is -2.16. The average molecular weight is 411 g/mol. The van der Waals surface area contributed by atoms with Crippen LogP contribution in [-0.2, 0) is 24.3 Å². The van der Waals surface area contributed by atoms with Gasteiger partial charge in [-0.2, -0.15) is 0 Å². The van der Waals surface area contributed by atoms with Gasteiger partial charge in [-0.15, -0.1) is 0 Å². The van der Waals surface area contributed by atoms with Crippen molar-refractivity contribution in [1.82, 2.24) is 14.9 Å². The smallest absolute Gasteiger partial charge is 0.324 e. The van der Waals surface area contributed by atoms with Crippen molar-refractivity contribution in [1.29, 1.82) is 0 Å². The van der Waals surface area contributed by atoms with Crippen LogP contribution in [0.1, 0.15) is 28.7 Å². The Kier molecular flexibility index (Phi) is 6.78. The number of ether oxygens (including phenoxy) is 1. The van der Waals surface area contributed by atoms with Crippen molar-refractivity contribution in [3.8, 4) is 0 Å². The third-order valence-electron chi connectivity index (χ3n) is 4.70. The summed E-state index contributed by atoms with van der Waals surface area (Å²) in [4.78, 5) is 36.1. The Bertz CT molecular complexity index is 884. The zero-order valence-electron chi connectivity index (χ0n) is 16.4. The molecule has 0 radical (unpaired) electrons. The lowest BCUT2D eigenvalue weighted by Crippen LogP contribution is -2.37. The number of amides is 3. The molecule has 1 fully saturated rings. The second kappa shape index (κ2) is 8.70. The summed E-state index contributed by atoms with van der Waals surface area (Å²) in [5.74, 6) is -1.35. The zero-order valence-corrected chi connectivity index (χ0v) is 17.2. The summed E-state index contributed by atoms with van der Waals surface area (Å²) in [5.41, 5.74) is 3.06. The third-order valence-corrected chi connectivity index (χ3v) is 6.44. The fourth-order valence-electron chi connectivity index (χ4n) is 2.95. The number of urea groups is 1. The van der Waals surface area contributed by atoms with E-state index in [1.807, 2.05) is 19.9 Å². The highest BCUT2D eigenvalue weighted by atomic mass is 32.2. The van der Waals surface area contributed by atoms with Gasteiger partial charge in [-0.3, -0.25) is 14.5 Å². The minimum Gasteiger partial charge on any atom is -0.456 e. The molecule has 0 bridgehead atoms. The van der Waals surface area contributed by atoms with E-state index in [-0.39, 0.29) is 24.4 Å². The van der Waals surface area contributed by atoms with E-state index >= 15 is 0 Å². The van der Waals surface area contributed by atoms with Gasteiger partial charge in [0.15, 0.2) is 6.61 Å². The molecule has 154 valence electrons. The molecule has 3 amide bonds. The highest BCUT2D eigenvalue weighted by Crippen LogP contribution is 2.25. The molecule has 0 spiro atoms. The number of hydrogen-bond donors (Lipinski definition) is 2. The van der Waals surface area contributed by atoms with Gasteiger partial charge in [-0.1, -0.05) is 6.07 Å². The highest BCUT2D eigenvalue weighted by Gasteiger charge is 2.27. The van der Waals surface area contributed by atoms with Gasteiger partial charge in [-0.25, -0.2) is 17.9 Å². The van der Waals surface area contributed by atoms with Gasteiger partial charge in [-0.05, 0) is 49.9 Å². The normalized spacial score (nSPS) is 14.1. The van der Waals surface area contributed by atoms with Gasteiger partial charge < -0.3 is 10.1 Å². The first-order chi connectivity index (χ1) is 13.0. The van der Waals surface area contributed by atoms with E-state index in [9.17, 15) is 22.8 Å². The molecule has 1 heterocycles. The Morgan fingerprint density at radius 3 is 2.32 bits per heavy atom. The molecule has 28 heavy (non-hydrogen) atoms. The first kappa shape index (κ1) is 21.8. The number of carbonyl (C=O) groups is 3. The molecule has 1 aliphatic rings. The zero-order chi connectivity index (χ0) is 21.1. The highest BCUT2D eigenvalue weighted by molar-refractivity contribution is 7.89. The first-order valence-electron chi connectivity index (χ1n) is 8.85. The van der Waals surface area contributed by atoms with Crippen LogP contribution in [0.4, 0.5) is 4.79 Å². The van der Waals surface area contributed by atoms with E-state index in [0.29, 0.717) is 17.7 Å². The molecule has 0 saturated carbocycles. The summed E-state index contributed by atoms with van der Waals surface area (Å²) < 4.78 is 32.6. The van der Waals surface area contributed by atoms with Crippen molar-refractivity contribution in [2.75, 3.05) is 26.2 Å². The van der Waals surface area contributed by atoms with Gasteiger partial charge in [0.05, 0.1) is 11.3 Å².